The highest BCUT2D eigenvalue weighted by Crippen LogP contribution is 2.45. The normalized spacial score (nSPS) is 14.7. The molecule has 0 saturated carbocycles. The van der Waals surface area contributed by atoms with Crippen LogP contribution in [-0.2, 0) is 65.4 Å². The van der Waals surface area contributed by atoms with E-state index in [2.05, 4.69) is 222 Å². The van der Waals surface area contributed by atoms with Gasteiger partial charge < -0.3 is 33.8 Å². The summed E-state index contributed by atoms with van der Waals surface area (Å²) in [6, 6.07) is 0. The predicted molar refractivity (Wildman–Crippen MR) is 463 cm³/mol. The van der Waals surface area contributed by atoms with Gasteiger partial charge in [-0.05, 0) is 186 Å². The van der Waals surface area contributed by atoms with Gasteiger partial charge in [0, 0.05) is 25.7 Å². The summed E-state index contributed by atoms with van der Waals surface area (Å²) in [5.74, 6) is -2.29. The van der Waals surface area contributed by atoms with Crippen molar-refractivity contribution in [2.75, 3.05) is 39.6 Å². The molecule has 0 aromatic heterocycles. The van der Waals surface area contributed by atoms with E-state index in [0.717, 1.165) is 212 Å². The molecule has 112 heavy (non-hydrogen) atoms. The first kappa shape index (κ1) is 106. The van der Waals surface area contributed by atoms with E-state index in [1.165, 1.54) is 19.3 Å². The molecule has 0 aliphatic carbocycles. The Labute approximate surface area is 678 Å². The lowest BCUT2D eigenvalue weighted by Gasteiger charge is -2.21. The number of aliphatic hydroxyl groups is 1. The number of aliphatic hydroxyl groups excluding tert-OH is 1. The van der Waals surface area contributed by atoms with Crippen LogP contribution >= 0.6 is 15.6 Å². The average Bonchev–Trinajstić information content (AvgIpc) is 0.895. The second kappa shape index (κ2) is 82.9. The smallest absolute Gasteiger partial charge is 0.462 e. The van der Waals surface area contributed by atoms with E-state index >= 15 is 0 Å². The molecule has 5 atom stereocenters. The van der Waals surface area contributed by atoms with Crippen molar-refractivity contribution in [2.45, 2.75) is 329 Å². The summed E-state index contributed by atoms with van der Waals surface area (Å²) in [5.41, 5.74) is 0. The maximum absolute atomic E-state index is 13.2. The van der Waals surface area contributed by atoms with Gasteiger partial charge in [0.15, 0.2) is 12.2 Å². The zero-order valence-corrected chi connectivity index (χ0v) is 71.3. The SMILES string of the molecule is CC/C=C\C/C=C\C/C=C\C/C=C\C/C=C\CCCCCC(=O)OCC(COP(=O)(O)OCC(O)COP(=O)(O)OCC(COC(=O)CCCCCCCC/C=C\C/C=C\C/C=C\CCCCC)OC(=O)CCCCCC/C=C\C/C=C\C/C=C\C/C=C\CC)OC(=O)CCCCCC/C=C\C/C=C\C/C=C\C/C=C\CC. The molecule has 19 heteroatoms. The maximum atomic E-state index is 13.2. The van der Waals surface area contributed by atoms with Crippen LogP contribution in [0.1, 0.15) is 310 Å². The minimum Gasteiger partial charge on any atom is -0.462 e. The van der Waals surface area contributed by atoms with Crippen LogP contribution in [0, 0.1) is 0 Å². The van der Waals surface area contributed by atoms with Crippen LogP contribution in [0.25, 0.3) is 0 Å². The Morgan fingerprint density at radius 1 is 0.259 bits per heavy atom. The highest BCUT2D eigenvalue weighted by Gasteiger charge is 2.30. The Balaban J connectivity index is 5.50. The van der Waals surface area contributed by atoms with Gasteiger partial charge in [-0.25, -0.2) is 9.13 Å². The molecule has 0 bridgehead atoms. The van der Waals surface area contributed by atoms with Gasteiger partial charge in [-0.2, -0.15) is 0 Å². The highest BCUT2D eigenvalue weighted by molar-refractivity contribution is 7.47. The van der Waals surface area contributed by atoms with Crippen LogP contribution in [0.4, 0.5) is 0 Å². The van der Waals surface area contributed by atoms with Crippen molar-refractivity contribution in [1.82, 2.24) is 0 Å². The average molecular weight is 1600 g/mol. The third-order valence-electron chi connectivity index (χ3n) is 17.0. The lowest BCUT2D eigenvalue weighted by molar-refractivity contribution is -0.161. The van der Waals surface area contributed by atoms with Crippen LogP contribution < -0.4 is 0 Å². The van der Waals surface area contributed by atoms with E-state index in [-0.39, 0.29) is 25.7 Å². The molecule has 0 saturated heterocycles. The Bertz CT molecular complexity index is 2890. The van der Waals surface area contributed by atoms with Gasteiger partial charge in [0.1, 0.15) is 19.3 Å². The van der Waals surface area contributed by atoms with E-state index in [0.29, 0.717) is 25.7 Å². The number of rotatable bonds is 78. The maximum Gasteiger partial charge on any atom is 0.472 e. The van der Waals surface area contributed by atoms with Crippen molar-refractivity contribution in [3.05, 3.63) is 194 Å². The summed E-state index contributed by atoms with van der Waals surface area (Å²) in [7, 11) is -10.0. The minimum absolute atomic E-state index is 0.0506. The number of carbonyl (C=O) groups is 4. The molecule has 0 aliphatic rings. The molecule has 0 aromatic rings. The number of ether oxygens (including phenoxy) is 4. The molecular weight excluding hydrogens is 1450 g/mol. The molecular formula is C93H150O17P2. The van der Waals surface area contributed by atoms with Crippen molar-refractivity contribution < 1.29 is 80.2 Å². The predicted octanol–water partition coefficient (Wildman–Crippen LogP) is 25.7. The second-order valence-corrected chi connectivity index (χ2v) is 30.5. The first-order chi connectivity index (χ1) is 54.7. The highest BCUT2D eigenvalue weighted by atomic mass is 31.2. The summed E-state index contributed by atoms with van der Waals surface area (Å²) < 4.78 is 68.8. The van der Waals surface area contributed by atoms with Crippen molar-refractivity contribution in [3.63, 3.8) is 0 Å². The van der Waals surface area contributed by atoms with Gasteiger partial charge in [-0.15, -0.1) is 0 Å². The summed E-state index contributed by atoms with van der Waals surface area (Å²) in [6.45, 7) is 4.40. The largest absolute Gasteiger partial charge is 0.472 e. The van der Waals surface area contributed by atoms with Gasteiger partial charge >= 0.3 is 39.5 Å². The van der Waals surface area contributed by atoms with E-state index < -0.39 is 97.5 Å². The molecule has 0 heterocycles. The zero-order chi connectivity index (χ0) is 81.7. The zero-order valence-electron chi connectivity index (χ0n) is 69.5. The Hall–Kier alpha value is -6.10. The molecule has 0 amide bonds. The molecule has 0 spiro atoms. The fraction of sp³-hybridized carbons (Fsp3) is 0.613. The lowest BCUT2D eigenvalue weighted by Crippen LogP contribution is -2.30. The molecule has 0 fully saturated rings. The van der Waals surface area contributed by atoms with Crippen molar-refractivity contribution in [1.29, 1.82) is 0 Å². The van der Waals surface area contributed by atoms with E-state index in [9.17, 15) is 43.2 Å². The van der Waals surface area contributed by atoms with Crippen LogP contribution in [-0.4, -0.2) is 96.7 Å². The first-order valence-electron chi connectivity index (χ1n) is 42.7. The summed E-state index contributed by atoms with van der Waals surface area (Å²) in [4.78, 5) is 73.3. The number of hydrogen-bond acceptors (Lipinski definition) is 15. The van der Waals surface area contributed by atoms with Gasteiger partial charge in [-0.3, -0.25) is 37.3 Å². The van der Waals surface area contributed by atoms with Crippen molar-refractivity contribution >= 4 is 39.5 Å². The number of hydrogen-bond donors (Lipinski definition) is 3. The fourth-order valence-corrected chi connectivity index (χ4v) is 12.2. The number of carbonyl (C=O) groups excluding carboxylic acids is 4. The van der Waals surface area contributed by atoms with E-state index in [1.807, 2.05) is 0 Å². The third kappa shape index (κ3) is 81.9. The van der Waals surface area contributed by atoms with Gasteiger partial charge in [-0.1, -0.05) is 293 Å². The van der Waals surface area contributed by atoms with Gasteiger partial charge in [0.25, 0.3) is 0 Å². The fourth-order valence-electron chi connectivity index (χ4n) is 10.6. The van der Waals surface area contributed by atoms with Gasteiger partial charge in [0.05, 0.1) is 26.4 Å². The van der Waals surface area contributed by atoms with E-state index in [1.54, 1.807) is 0 Å². The Morgan fingerprint density at radius 3 is 0.723 bits per heavy atom. The number of esters is 4. The van der Waals surface area contributed by atoms with Crippen LogP contribution in [0.3, 0.4) is 0 Å². The molecule has 0 aromatic carbocycles. The van der Waals surface area contributed by atoms with Crippen molar-refractivity contribution in [3.8, 4) is 0 Å². The minimum atomic E-state index is -5.01. The molecule has 17 nitrogen and oxygen atoms in total. The van der Waals surface area contributed by atoms with Crippen molar-refractivity contribution in [2.24, 2.45) is 0 Å². The molecule has 0 aliphatic heterocycles. The molecule has 5 unspecified atom stereocenters. The first-order valence-corrected chi connectivity index (χ1v) is 45.7. The monoisotopic (exact) mass is 1600 g/mol. The molecule has 3 N–H and O–H groups in total. The number of phosphoric acid groups is 2. The Morgan fingerprint density at radius 2 is 0.464 bits per heavy atom. The van der Waals surface area contributed by atoms with Crippen LogP contribution in [0.5, 0.6) is 0 Å². The summed E-state index contributed by atoms with van der Waals surface area (Å²) in [5, 5.41) is 10.7. The second-order valence-electron chi connectivity index (χ2n) is 27.6. The van der Waals surface area contributed by atoms with Gasteiger partial charge in [0.2, 0.25) is 0 Å². The lowest BCUT2D eigenvalue weighted by atomic mass is 10.1. The molecule has 634 valence electrons. The molecule has 0 radical (unpaired) electrons. The standard InChI is InChI=1S/C93H150O17P2/c1-5-9-13-17-21-25-29-33-37-41-43-47-49-53-57-61-65-69-73-77-90(95)103-83-88(109-92(97)79-75-71-67-63-59-55-51-45-39-35-31-27-23-19-15-11-7-3)85-107-111(99,100)105-81-87(94)82-106-112(101,102)108-86-89(110-93(98)80-76-72-68-64-60-56-52-46-40-36-32-28-24-20-16-12-8-4)84-104-91(96)78-74-70-66-62-58-54-50-48-44-42-38-34-30-26-22-18-14-10-6-2/h9,11-13,15-16,21-28,33-40,43-44,47-48,51-53,55-57,87-89,94H,5-8,10,14,17-20,29-32,41-42,45-46,49-50,54,58-86H2,1-4H3,(H,99,100)(H,101,102)/b13-9-,15-11-,16-12-,25-21-,26-22-,27-23-,28-24-,37-33-,38-34-,39-35-,40-36-,47-43-,48-44-,55-51-,56-52-,57-53-. The third-order valence-corrected chi connectivity index (χ3v) is 18.9. The Kier molecular flexibility index (Phi) is 78.4. The topological polar surface area (TPSA) is 237 Å². The van der Waals surface area contributed by atoms with E-state index in [4.69, 9.17) is 37.0 Å². The molecule has 0 rings (SSSR count). The van der Waals surface area contributed by atoms with Crippen LogP contribution in [0.2, 0.25) is 0 Å². The summed E-state index contributed by atoms with van der Waals surface area (Å²) >= 11 is 0. The number of unbranched alkanes of at least 4 members (excludes halogenated alkanes) is 20. The summed E-state index contributed by atoms with van der Waals surface area (Å²) in [6.07, 6.45) is 102. The number of allylic oxidation sites excluding steroid dienone is 32. The number of phosphoric ester groups is 2. The van der Waals surface area contributed by atoms with Crippen LogP contribution in [0.15, 0.2) is 194 Å². The quantitative estimate of drug-likeness (QED) is 0.0169.